The van der Waals surface area contributed by atoms with Gasteiger partial charge in [0.1, 0.15) is 11.8 Å². The fourth-order valence-corrected chi connectivity index (χ4v) is 6.10. The highest BCUT2D eigenvalue weighted by atomic mass is 32.2. The summed E-state index contributed by atoms with van der Waals surface area (Å²) in [5.41, 5.74) is 0.529. The molecule has 0 bridgehead atoms. The molecule has 1 heterocycles. The van der Waals surface area contributed by atoms with Gasteiger partial charge in [0.2, 0.25) is 15.9 Å². The van der Waals surface area contributed by atoms with E-state index in [0.717, 1.165) is 22.0 Å². The quantitative estimate of drug-likeness (QED) is 0.391. The van der Waals surface area contributed by atoms with E-state index < -0.39 is 39.6 Å². The number of rotatable bonds is 9. The molecule has 2 amide bonds. The molecule has 0 aromatic heterocycles. The third-order valence-corrected chi connectivity index (χ3v) is 8.92. The number of alkyl halides is 3. The smallest absolute Gasteiger partial charge is 0.416 e. The molecule has 12 heteroatoms. The normalized spacial score (nSPS) is 16.3. The van der Waals surface area contributed by atoms with Crippen molar-refractivity contribution in [3.8, 4) is 5.75 Å². The molecule has 4 rings (SSSR count). The van der Waals surface area contributed by atoms with Crippen LogP contribution in [0.25, 0.3) is 0 Å². The number of nitrogens with zero attached hydrogens (tertiary/aromatic N) is 2. The third-order valence-electron chi connectivity index (χ3n) is 6.99. The Morgan fingerprint density at radius 3 is 2.19 bits per heavy atom. The van der Waals surface area contributed by atoms with E-state index in [0.29, 0.717) is 11.3 Å². The van der Waals surface area contributed by atoms with E-state index >= 15 is 0 Å². The number of hydrogen-bond acceptors (Lipinski definition) is 5. The Bertz CT molecular complexity index is 1480. The van der Waals surface area contributed by atoms with E-state index in [1.807, 2.05) is 13.8 Å². The van der Waals surface area contributed by atoms with Gasteiger partial charge in [-0.3, -0.25) is 9.59 Å². The zero-order valence-electron chi connectivity index (χ0n) is 23.2. The average molecular weight is 604 g/mol. The van der Waals surface area contributed by atoms with E-state index in [9.17, 15) is 31.2 Å². The molecule has 1 aliphatic rings. The summed E-state index contributed by atoms with van der Waals surface area (Å²) >= 11 is 0. The van der Waals surface area contributed by atoms with E-state index in [1.54, 1.807) is 42.5 Å². The third kappa shape index (κ3) is 7.48. The van der Waals surface area contributed by atoms with Gasteiger partial charge in [-0.05, 0) is 53.4 Å². The average Bonchev–Trinajstić information content (AvgIpc) is 2.98. The largest absolute Gasteiger partial charge is 0.484 e. The van der Waals surface area contributed by atoms with Crippen molar-refractivity contribution in [1.29, 1.82) is 0 Å². The minimum Gasteiger partial charge on any atom is -0.484 e. The zero-order valence-corrected chi connectivity index (χ0v) is 24.0. The maximum Gasteiger partial charge on any atom is 0.416 e. The number of nitrogens with one attached hydrogen (secondary N) is 1. The lowest BCUT2D eigenvalue weighted by molar-refractivity contribution is -0.138. The first-order valence-corrected chi connectivity index (χ1v) is 14.8. The molecular weight excluding hydrogens is 571 g/mol. The summed E-state index contributed by atoms with van der Waals surface area (Å²) in [7, 11) is -4.13. The van der Waals surface area contributed by atoms with Gasteiger partial charge in [-0.25, -0.2) is 8.42 Å². The maximum atomic E-state index is 13.7. The summed E-state index contributed by atoms with van der Waals surface area (Å²) in [4.78, 5) is 27.8. The molecule has 0 spiro atoms. The predicted molar refractivity (Wildman–Crippen MR) is 150 cm³/mol. The van der Waals surface area contributed by atoms with Crippen LogP contribution in [0.4, 0.5) is 13.2 Å². The van der Waals surface area contributed by atoms with Gasteiger partial charge in [0.05, 0.1) is 10.5 Å². The summed E-state index contributed by atoms with van der Waals surface area (Å²) in [6.45, 7) is 3.23. The second-order valence-electron chi connectivity index (χ2n) is 10.2. The summed E-state index contributed by atoms with van der Waals surface area (Å²) in [6.07, 6.45) is -4.49. The predicted octanol–water partition coefficient (Wildman–Crippen LogP) is 4.43. The molecule has 1 fully saturated rings. The minimum absolute atomic E-state index is 0.0135. The van der Waals surface area contributed by atoms with Crippen LogP contribution in [-0.4, -0.2) is 61.7 Å². The molecule has 42 heavy (non-hydrogen) atoms. The maximum absolute atomic E-state index is 13.7. The lowest BCUT2D eigenvalue weighted by atomic mass is 10.0. The number of carbonyl (C=O) groups excluding carboxylic acids is 2. The van der Waals surface area contributed by atoms with E-state index in [1.165, 1.54) is 29.2 Å². The van der Waals surface area contributed by atoms with Crippen LogP contribution in [0, 0.1) is 0 Å². The lowest BCUT2D eigenvalue weighted by Crippen LogP contribution is -2.61. The Morgan fingerprint density at radius 2 is 1.60 bits per heavy atom. The highest BCUT2D eigenvalue weighted by Gasteiger charge is 2.41. The van der Waals surface area contributed by atoms with E-state index in [-0.39, 0.29) is 43.6 Å². The topological polar surface area (TPSA) is 96.0 Å². The number of carbonyl (C=O) groups is 2. The van der Waals surface area contributed by atoms with Gasteiger partial charge in [0, 0.05) is 26.2 Å². The van der Waals surface area contributed by atoms with Crippen LogP contribution in [0.3, 0.4) is 0 Å². The van der Waals surface area contributed by atoms with Gasteiger partial charge in [0.25, 0.3) is 5.91 Å². The van der Waals surface area contributed by atoms with Gasteiger partial charge in [-0.2, -0.15) is 17.5 Å². The monoisotopic (exact) mass is 603 g/mol. The zero-order chi connectivity index (χ0) is 30.5. The molecular formula is C30H32F3N3O5S. The van der Waals surface area contributed by atoms with Crippen molar-refractivity contribution >= 4 is 21.8 Å². The summed E-state index contributed by atoms with van der Waals surface area (Å²) < 4.78 is 72.7. The molecule has 1 atom stereocenters. The number of benzene rings is 3. The van der Waals surface area contributed by atoms with Crippen LogP contribution < -0.4 is 10.1 Å². The van der Waals surface area contributed by atoms with E-state index in [2.05, 4.69) is 5.32 Å². The number of amides is 2. The molecule has 0 aliphatic carbocycles. The second-order valence-corrected chi connectivity index (χ2v) is 12.1. The van der Waals surface area contributed by atoms with Crippen molar-refractivity contribution in [1.82, 2.24) is 14.5 Å². The Balaban J connectivity index is 1.52. The highest BCUT2D eigenvalue weighted by Crippen LogP contribution is 2.29. The Kier molecular flexibility index (Phi) is 9.57. The number of para-hydroxylation sites is 1. The molecule has 1 aliphatic heterocycles. The van der Waals surface area contributed by atoms with Gasteiger partial charge in [-0.15, -0.1) is 0 Å². The number of ether oxygens (including phenoxy) is 1. The first kappa shape index (κ1) is 31.0. The van der Waals surface area contributed by atoms with Crippen LogP contribution in [0.1, 0.15) is 36.5 Å². The fraction of sp³-hybridized carbons (Fsp3) is 0.333. The van der Waals surface area contributed by atoms with Gasteiger partial charge < -0.3 is 15.0 Å². The molecule has 3 aromatic carbocycles. The number of hydrogen-bond donors (Lipinski definition) is 1. The molecule has 0 radical (unpaired) electrons. The molecule has 8 nitrogen and oxygen atoms in total. The summed E-state index contributed by atoms with van der Waals surface area (Å²) in [5.74, 6) is -0.419. The fourth-order valence-electron chi connectivity index (χ4n) is 4.53. The molecule has 0 saturated carbocycles. The SMILES string of the molecule is CC(C)c1ccc(S(=O)(=O)N2CCN(C(=O)COc3ccccc3)CC2C(=O)NCc2ccc(C(F)(F)F)cc2)cc1. The van der Waals surface area contributed by atoms with Crippen LogP contribution >= 0.6 is 0 Å². The van der Waals surface area contributed by atoms with Crippen molar-refractivity contribution in [3.05, 3.63) is 95.6 Å². The number of halogens is 3. The molecule has 1 N–H and O–H groups in total. The van der Waals surface area contributed by atoms with Crippen LogP contribution in [-0.2, 0) is 32.3 Å². The number of piperazine rings is 1. The molecule has 3 aromatic rings. The Hall–Kier alpha value is -3.90. The summed E-state index contributed by atoms with van der Waals surface area (Å²) in [5, 5.41) is 2.63. The van der Waals surface area contributed by atoms with Gasteiger partial charge in [-0.1, -0.05) is 56.3 Å². The van der Waals surface area contributed by atoms with Crippen molar-refractivity contribution in [2.75, 3.05) is 26.2 Å². The molecule has 1 unspecified atom stereocenters. The van der Waals surface area contributed by atoms with Gasteiger partial charge >= 0.3 is 6.18 Å². The Labute approximate surface area is 243 Å². The minimum atomic E-state index is -4.49. The van der Waals surface area contributed by atoms with Gasteiger partial charge in [0.15, 0.2) is 6.61 Å². The second kappa shape index (κ2) is 13.0. The van der Waals surface area contributed by atoms with Crippen molar-refractivity contribution in [2.45, 2.75) is 43.4 Å². The first-order valence-electron chi connectivity index (χ1n) is 13.4. The van der Waals surface area contributed by atoms with Crippen molar-refractivity contribution in [2.24, 2.45) is 0 Å². The molecule has 1 saturated heterocycles. The first-order chi connectivity index (χ1) is 19.9. The van der Waals surface area contributed by atoms with Crippen molar-refractivity contribution in [3.63, 3.8) is 0 Å². The van der Waals surface area contributed by atoms with Crippen LogP contribution in [0.2, 0.25) is 0 Å². The van der Waals surface area contributed by atoms with Crippen LogP contribution in [0.15, 0.2) is 83.8 Å². The van der Waals surface area contributed by atoms with Crippen LogP contribution in [0.5, 0.6) is 5.75 Å². The van der Waals surface area contributed by atoms with E-state index in [4.69, 9.17) is 4.74 Å². The lowest BCUT2D eigenvalue weighted by Gasteiger charge is -2.39. The molecule has 224 valence electrons. The highest BCUT2D eigenvalue weighted by molar-refractivity contribution is 7.89. The van der Waals surface area contributed by atoms with Crippen molar-refractivity contribution < 1.29 is 35.9 Å². The summed E-state index contributed by atoms with van der Waals surface area (Å²) in [6, 6.07) is 18.2. The number of sulfonamides is 1. The standard InChI is InChI=1S/C30H32F3N3O5S/c1-21(2)23-10-14-26(15-11-23)42(39,40)36-17-16-35(28(37)20-41-25-6-4-3-5-7-25)19-27(36)29(38)34-18-22-8-12-24(13-9-22)30(31,32)33/h3-15,21,27H,16-20H2,1-2H3,(H,34,38). The Morgan fingerprint density at radius 1 is 0.952 bits per heavy atom.